The van der Waals surface area contributed by atoms with Crippen molar-refractivity contribution in [3.05, 3.63) is 109 Å². The fourth-order valence-electron chi connectivity index (χ4n) is 8.24. The van der Waals surface area contributed by atoms with E-state index in [4.69, 9.17) is 28.4 Å². The summed E-state index contributed by atoms with van der Waals surface area (Å²) >= 11 is 0. The van der Waals surface area contributed by atoms with Gasteiger partial charge in [-0.05, 0) is 96.3 Å². The lowest BCUT2D eigenvalue weighted by atomic mass is 9.98. The first-order chi connectivity index (χ1) is 36.6. The van der Waals surface area contributed by atoms with Gasteiger partial charge in [0.25, 0.3) is 0 Å². The van der Waals surface area contributed by atoms with Gasteiger partial charge in [-0.25, -0.2) is 0 Å². The molecule has 0 aliphatic carbocycles. The highest BCUT2D eigenvalue weighted by Gasteiger charge is 2.47. The quantitative estimate of drug-likeness (QED) is 0.0172. The summed E-state index contributed by atoms with van der Waals surface area (Å²) in [6, 6.07) is 0. The number of hydrogen-bond donors (Lipinski definition) is 7. The van der Waals surface area contributed by atoms with E-state index in [0.29, 0.717) is 13.0 Å². The Bertz CT molecular complexity index is 1650. The summed E-state index contributed by atoms with van der Waals surface area (Å²) < 4.78 is 34.3. The maximum atomic E-state index is 13.1. The molecule has 0 aromatic carbocycles. The molecule has 11 atom stereocenters. The van der Waals surface area contributed by atoms with Crippen LogP contribution in [0.5, 0.6) is 0 Å². The van der Waals surface area contributed by atoms with Gasteiger partial charge in [0.1, 0.15) is 54.9 Å². The van der Waals surface area contributed by atoms with Crippen LogP contribution in [-0.2, 0) is 33.2 Å². The van der Waals surface area contributed by atoms with Gasteiger partial charge in [0.15, 0.2) is 12.6 Å². The number of unbranched alkanes of at least 4 members (excludes halogenated alkanes) is 12. The number of allylic oxidation sites excluding steroid dienone is 18. The number of carbonyl (C=O) groups is 1. The lowest BCUT2D eigenvalue weighted by Crippen LogP contribution is -2.61. The zero-order chi connectivity index (χ0) is 54.4. The number of aliphatic hydroxyl groups is 7. The molecular weight excluding hydrogens is 957 g/mol. The van der Waals surface area contributed by atoms with Gasteiger partial charge in [-0.3, -0.25) is 4.79 Å². The second kappa shape index (κ2) is 46.7. The molecule has 0 saturated carbocycles. The summed E-state index contributed by atoms with van der Waals surface area (Å²) in [5, 5.41) is 72.3. The lowest BCUT2D eigenvalue weighted by molar-refractivity contribution is -0.332. The van der Waals surface area contributed by atoms with Gasteiger partial charge in [-0.15, -0.1) is 0 Å². The smallest absolute Gasteiger partial charge is 0.306 e. The summed E-state index contributed by atoms with van der Waals surface area (Å²) in [6.45, 7) is 3.39. The molecule has 2 fully saturated rings. The predicted molar refractivity (Wildman–Crippen MR) is 297 cm³/mol. The van der Waals surface area contributed by atoms with Crippen LogP contribution in [0.4, 0.5) is 0 Å². The first-order valence-electron chi connectivity index (χ1n) is 28.5. The summed E-state index contributed by atoms with van der Waals surface area (Å²) in [4.78, 5) is 13.1. The van der Waals surface area contributed by atoms with Crippen LogP contribution in [0.15, 0.2) is 109 Å². The van der Waals surface area contributed by atoms with E-state index in [1.165, 1.54) is 6.42 Å². The van der Waals surface area contributed by atoms with Crippen molar-refractivity contribution in [2.75, 3.05) is 33.0 Å². The molecule has 2 aliphatic heterocycles. The van der Waals surface area contributed by atoms with Crippen molar-refractivity contribution in [3.8, 4) is 0 Å². The van der Waals surface area contributed by atoms with Crippen molar-refractivity contribution < 1.29 is 69.0 Å². The van der Waals surface area contributed by atoms with E-state index in [1.54, 1.807) is 0 Å². The molecule has 0 amide bonds. The van der Waals surface area contributed by atoms with E-state index in [-0.39, 0.29) is 19.6 Å². The Labute approximate surface area is 451 Å². The van der Waals surface area contributed by atoms with Crippen LogP contribution in [0.1, 0.15) is 168 Å². The molecule has 0 aromatic heterocycles. The number of ether oxygens (including phenoxy) is 6. The number of rotatable bonds is 44. The van der Waals surface area contributed by atoms with Crippen molar-refractivity contribution >= 4 is 5.97 Å². The zero-order valence-corrected chi connectivity index (χ0v) is 45.7. The molecule has 75 heavy (non-hydrogen) atoms. The minimum absolute atomic E-state index is 0.0388. The molecule has 2 saturated heterocycles. The molecule has 0 bridgehead atoms. The van der Waals surface area contributed by atoms with Crippen LogP contribution in [0.2, 0.25) is 0 Å². The summed E-state index contributed by atoms with van der Waals surface area (Å²) in [6.07, 6.45) is 47.1. The lowest BCUT2D eigenvalue weighted by Gasteiger charge is -2.42. The Morgan fingerprint density at radius 2 is 0.827 bits per heavy atom. The Morgan fingerprint density at radius 3 is 1.29 bits per heavy atom. The van der Waals surface area contributed by atoms with Gasteiger partial charge < -0.3 is 64.2 Å². The maximum absolute atomic E-state index is 13.1. The average Bonchev–Trinajstić information content (AvgIpc) is 3.41. The van der Waals surface area contributed by atoms with Crippen molar-refractivity contribution in [3.63, 3.8) is 0 Å². The van der Waals surface area contributed by atoms with Crippen molar-refractivity contribution in [2.45, 2.75) is 235 Å². The first kappa shape index (κ1) is 67.8. The second-order valence-electron chi connectivity index (χ2n) is 19.3. The van der Waals surface area contributed by atoms with E-state index in [2.05, 4.69) is 123 Å². The molecule has 0 radical (unpaired) electrons. The molecule has 14 nitrogen and oxygen atoms in total. The highest BCUT2D eigenvalue weighted by molar-refractivity contribution is 5.69. The van der Waals surface area contributed by atoms with Gasteiger partial charge >= 0.3 is 5.97 Å². The van der Waals surface area contributed by atoms with Crippen LogP contribution >= 0.6 is 0 Å². The van der Waals surface area contributed by atoms with Gasteiger partial charge in [0.2, 0.25) is 0 Å². The normalized spacial score (nSPS) is 25.5. The van der Waals surface area contributed by atoms with Crippen LogP contribution in [-0.4, -0.2) is 142 Å². The summed E-state index contributed by atoms with van der Waals surface area (Å²) in [5.74, 6) is -0.401. The number of hydrogen-bond acceptors (Lipinski definition) is 14. The molecule has 2 aliphatic rings. The van der Waals surface area contributed by atoms with E-state index < -0.39 is 86.7 Å². The highest BCUT2D eigenvalue weighted by Crippen LogP contribution is 2.26. The van der Waals surface area contributed by atoms with Crippen LogP contribution in [0, 0.1) is 0 Å². The molecule has 0 spiro atoms. The first-order valence-corrected chi connectivity index (χ1v) is 28.5. The molecule has 2 rings (SSSR count). The minimum atomic E-state index is -1.72. The van der Waals surface area contributed by atoms with Gasteiger partial charge in [-0.2, -0.15) is 0 Å². The number of aliphatic hydroxyl groups excluding tert-OH is 7. The van der Waals surface area contributed by atoms with Crippen LogP contribution < -0.4 is 0 Å². The fraction of sp³-hybridized carbons (Fsp3) is 0.689. The van der Waals surface area contributed by atoms with Crippen molar-refractivity contribution in [1.82, 2.24) is 0 Å². The second-order valence-corrected chi connectivity index (χ2v) is 19.3. The van der Waals surface area contributed by atoms with E-state index in [1.807, 2.05) is 0 Å². The molecule has 2 heterocycles. The third-order valence-corrected chi connectivity index (χ3v) is 12.8. The molecule has 11 unspecified atom stereocenters. The SMILES string of the molecule is CC/C=C\C/C=C\C/C=C\C/C=C\C/C=C\C/C=C\CCCCCCCCC(=O)OC(COCCCCCCCC/C=C\C/C=C\C/C=C\CC)COC1OC(COC2OC(CO)C(O)C(O)C2O)C(O)C(O)C1O. The molecule has 428 valence electrons. The number of carbonyl (C=O) groups excluding carboxylic acids is 1. The monoisotopic (exact) mass is 1060 g/mol. The predicted octanol–water partition coefficient (Wildman–Crippen LogP) is 9.96. The van der Waals surface area contributed by atoms with Crippen LogP contribution in [0.3, 0.4) is 0 Å². The Kier molecular flexibility index (Phi) is 42.2. The van der Waals surface area contributed by atoms with Gasteiger partial charge in [0, 0.05) is 13.0 Å². The van der Waals surface area contributed by atoms with Gasteiger partial charge in [0.05, 0.1) is 26.4 Å². The highest BCUT2D eigenvalue weighted by atomic mass is 16.7. The van der Waals surface area contributed by atoms with E-state index in [9.17, 15) is 40.5 Å². The van der Waals surface area contributed by atoms with Gasteiger partial charge in [-0.1, -0.05) is 175 Å². The maximum Gasteiger partial charge on any atom is 0.306 e. The van der Waals surface area contributed by atoms with Crippen molar-refractivity contribution in [1.29, 1.82) is 0 Å². The van der Waals surface area contributed by atoms with E-state index >= 15 is 0 Å². The largest absolute Gasteiger partial charge is 0.457 e. The van der Waals surface area contributed by atoms with Crippen molar-refractivity contribution in [2.24, 2.45) is 0 Å². The average molecular weight is 1060 g/mol. The topological polar surface area (TPSA) is 214 Å². The summed E-state index contributed by atoms with van der Waals surface area (Å²) in [7, 11) is 0. The van der Waals surface area contributed by atoms with E-state index in [0.717, 1.165) is 135 Å². The molecule has 7 N–H and O–H groups in total. The standard InChI is InChI=1S/C61H100O14/c1-3-5-7-9-11-13-15-17-19-21-22-23-24-25-26-27-28-29-30-32-34-36-38-40-42-44-53(63)73-50(47-70-45-43-41-39-37-35-33-31-20-18-16-14-12-10-8-6-4-2)48-71-60-59(69)57(67)55(65)52(75-60)49-72-61-58(68)56(66)54(64)51(46-62)74-61/h5-8,11-14,17-20,22-23,25-26,28-29,50-52,54-62,64-69H,3-4,9-10,15-16,21,24,27,30-49H2,1-2H3/b7-5-,8-6-,13-11-,14-12-,19-17-,20-18-,23-22-,26-25-,29-28-. The van der Waals surface area contributed by atoms with Crippen LogP contribution in [0.25, 0.3) is 0 Å². The third kappa shape index (κ3) is 33.5. The number of esters is 1. The molecular formula is C61H100O14. The Morgan fingerprint density at radius 1 is 0.440 bits per heavy atom. The Balaban J connectivity index is 1.73. The minimum Gasteiger partial charge on any atom is -0.457 e. The third-order valence-electron chi connectivity index (χ3n) is 12.8. The summed E-state index contributed by atoms with van der Waals surface area (Å²) in [5.41, 5.74) is 0. The molecule has 0 aromatic rings. The Hall–Kier alpha value is -3.35. The molecule has 14 heteroatoms. The fourth-order valence-corrected chi connectivity index (χ4v) is 8.24. The zero-order valence-electron chi connectivity index (χ0n) is 45.7.